The van der Waals surface area contributed by atoms with Crippen molar-refractivity contribution in [2.45, 2.75) is 18.9 Å². The Morgan fingerprint density at radius 3 is 1.68 bits per heavy atom. The van der Waals surface area contributed by atoms with Crippen molar-refractivity contribution in [1.82, 2.24) is 9.80 Å². The molecule has 1 aliphatic heterocycles. The van der Waals surface area contributed by atoms with Crippen LogP contribution in [-0.2, 0) is 25.6 Å². The quantitative estimate of drug-likeness (QED) is 0.354. The lowest BCUT2D eigenvalue weighted by Crippen LogP contribution is -2.45. The van der Waals surface area contributed by atoms with E-state index in [1.807, 2.05) is 11.3 Å². The van der Waals surface area contributed by atoms with Gasteiger partial charge in [-0.05, 0) is 36.9 Å². The summed E-state index contributed by atoms with van der Waals surface area (Å²) in [5.41, 5.74) is 1.45. The van der Waals surface area contributed by atoms with Crippen LogP contribution in [0.25, 0.3) is 0 Å². The van der Waals surface area contributed by atoms with E-state index in [1.54, 1.807) is 0 Å². The molecule has 1 aromatic heterocycles. The van der Waals surface area contributed by atoms with E-state index >= 15 is 0 Å². The number of carbonyl (C=O) groups is 4. The Morgan fingerprint density at radius 2 is 1.27 bits per heavy atom. The van der Waals surface area contributed by atoms with E-state index in [-0.39, 0.29) is 0 Å². The summed E-state index contributed by atoms with van der Waals surface area (Å²) in [7, 11) is 2.22. The Bertz CT molecular complexity index is 964. The molecule has 10 nitrogen and oxygen atoms in total. The van der Waals surface area contributed by atoms with Gasteiger partial charge in [0.05, 0.1) is 0 Å². The van der Waals surface area contributed by atoms with E-state index in [1.165, 1.54) is 43.0 Å². The van der Waals surface area contributed by atoms with Crippen LogP contribution in [0, 0.1) is 0 Å². The fraction of sp³-hybridized carbons (Fsp3) is 0.308. The molecule has 0 saturated carbocycles. The normalized spacial score (nSPS) is 14.7. The Labute approximate surface area is 219 Å². The number of aryl methyl sites for hydroxylation is 1. The zero-order valence-corrected chi connectivity index (χ0v) is 21.3. The van der Waals surface area contributed by atoms with Gasteiger partial charge >= 0.3 is 23.9 Å². The van der Waals surface area contributed by atoms with Gasteiger partial charge in [-0.1, -0.05) is 36.4 Å². The molecule has 1 aliphatic rings. The number of rotatable bonds is 9. The molecule has 0 bridgehead atoms. The van der Waals surface area contributed by atoms with Crippen molar-refractivity contribution < 1.29 is 39.6 Å². The lowest BCUT2D eigenvalue weighted by Gasteiger charge is -2.37. The van der Waals surface area contributed by atoms with Crippen molar-refractivity contribution in [3.63, 3.8) is 0 Å². The largest absolute Gasteiger partial charge is 0.478 e. The van der Waals surface area contributed by atoms with Crippen LogP contribution in [0.1, 0.15) is 22.9 Å². The van der Waals surface area contributed by atoms with E-state index < -0.39 is 23.9 Å². The summed E-state index contributed by atoms with van der Waals surface area (Å²) in [4.78, 5) is 44.8. The average Bonchev–Trinajstić information content (AvgIpc) is 3.39. The van der Waals surface area contributed by atoms with Crippen LogP contribution in [0.4, 0.5) is 0 Å². The minimum absolute atomic E-state index is 0.558. The summed E-state index contributed by atoms with van der Waals surface area (Å²) in [5.74, 6) is -5.03. The van der Waals surface area contributed by atoms with Crippen LogP contribution in [0.15, 0.2) is 72.1 Å². The summed E-state index contributed by atoms with van der Waals surface area (Å²) in [6.07, 6.45) is 4.61. The van der Waals surface area contributed by atoms with E-state index in [0.717, 1.165) is 6.42 Å². The first kappa shape index (κ1) is 31.2. The highest BCUT2D eigenvalue weighted by atomic mass is 32.1. The number of hydrogen-bond acceptors (Lipinski definition) is 7. The van der Waals surface area contributed by atoms with Gasteiger partial charge in [0, 0.05) is 61.4 Å². The van der Waals surface area contributed by atoms with E-state index in [9.17, 15) is 19.2 Å². The summed E-state index contributed by atoms with van der Waals surface area (Å²) >= 11 is 1.91. The van der Waals surface area contributed by atoms with Gasteiger partial charge in [0.2, 0.25) is 0 Å². The zero-order chi connectivity index (χ0) is 27.6. The third-order valence-corrected chi connectivity index (χ3v) is 6.11. The first-order valence-electron chi connectivity index (χ1n) is 11.4. The second kappa shape index (κ2) is 17.6. The molecule has 0 radical (unpaired) electrons. The number of benzene rings is 1. The van der Waals surface area contributed by atoms with Crippen molar-refractivity contribution in [3.05, 3.63) is 82.6 Å². The maximum Gasteiger partial charge on any atom is 0.328 e. The summed E-state index contributed by atoms with van der Waals surface area (Å²) in [6.45, 7) is 4.75. The molecule has 200 valence electrons. The van der Waals surface area contributed by atoms with Gasteiger partial charge < -0.3 is 25.3 Å². The van der Waals surface area contributed by atoms with Gasteiger partial charge in [-0.2, -0.15) is 0 Å². The second-order valence-electron chi connectivity index (χ2n) is 7.91. The Morgan fingerprint density at radius 1 is 0.784 bits per heavy atom. The molecular weight excluding hydrogens is 500 g/mol. The van der Waals surface area contributed by atoms with Crippen LogP contribution < -0.4 is 0 Å². The van der Waals surface area contributed by atoms with Crippen LogP contribution in [0.3, 0.4) is 0 Å². The summed E-state index contributed by atoms with van der Waals surface area (Å²) in [6, 6.07) is 15.9. The number of hydrogen-bond donors (Lipinski definition) is 4. The second-order valence-corrected chi connectivity index (χ2v) is 8.89. The molecule has 37 heavy (non-hydrogen) atoms. The fourth-order valence-corrected chi connectivity index (χ4v) is 4.25. The average molecular weight is 533 g/mol. The molecule has 2 aromatic rings. The van der Waals surface area contributed by atoms with Crippen LogP contribution in [0.2, 0.25) is 0 Å². The van der Waals surface area contributed by atoms with E-state index in [4.69, 9.17) is 20.4 Å². The molecule has 3 rings (SSSR count). The molecule has 4 N–H and O–H groups in total. The Balaban J connectivity index is 0.000000355. The highest BCUT2D eigenvalue weighted by Crippen LogP contribution is 2.30. The van der Waals surface area contributed by atoms with Gasteiger partial charge in [0.25, 0.3) is 0 Å². The first-order chi connectivity index (χ1) is 17.6. The van der Waals surface area contributed by atoms with Crippen LogP contribution in [-0.4, -0.2) is 87.3 Å². The molecule has 2 heterocycles. The maximum atomic E-state index is 9.55. The fourth-order valence-electron chi connectivity index (χ4n) is 3.35. The highest BCUT2D eigenvalue weighted by Gasteiger charge is 2.24. The van der Waals surface area contributed by atoms with Crippen LogP contribution in [0.5, 0.6) is 0 Å². The van der Waals surface area contributed by atoms with Crippen molar-refractivity contribution in [2.75, 3.05) is 33.2 Å². The number of likely N-dealkylation sites (N-methyl/N-ethyl adjacent to an activating group) is 1. The van der Waals surface area contributed by atoms with Crippen LogP contribution >= 0.6 is 11.3 Å². The highest BCUT2D eigenvalue weighted by molar-refractivity contribution is 7.10. The molecule has 1 fully saturated rings. The Kier molecular flexibility index (Phi) is 14.9. The predicted octanol–water partition coefficient (Wildman–Crippen LogP) is 3.09. The maximum absolute atomic E-state index is 9.55. The third kappa shape index (κ3) is 15.0. The Hall–Kier alpha value is -3.80. The van der Waals surface area contributed by atoms with Gasteiger partial charge in [-0.15, -0.1) is 11.3 Å². The number of piperazine rings is 1. The molecule has 0 spiro atoms. The molecule has 1 aromatic carbocycles. The van der Waals surface area contributed by atoms with E-state index in [2.05, 4.69) is 64.7 Å². The SMILES string of the molecule is CN1CCN(C(CCc2ccccc2)c2cccs2)CC1.O=C(O)/C=C\C(=O)O.O=C(O)/C=C\C(=O)O. The lowest BCUT2D eigenvalue weighted by atomic mass is 10.0. The molecule has 1 atom stereocenters. The minimum atomic E-state index is -1.26. The van der Waals surface area contributed by atoms with Gasteiger partial charge in [-0.25, -0.2) is 19.2 Å². The molecule has 1 saturated heterocycles. The van der Waals surface area contributed by atoms with Crippen molar-refractivity contribution in [2.24, 2.45) is 0 Å². The number of carboxylic acid groups (broad SMARTS) is 4. The number of aliphatic carboxylic acids is 4. The monoisotopic (exact) mass is 532 g/mol. The van der Waals surface area contributed by atoms with Crippen molar-refractivity contribution in [1.29, 1.82) is 0 Å². The number of carboxylic acids is 4. The molecule has 0 aliphatic carbocycles. The minimum Gasteiger partial charge on any atom is -0.478 e. The smallest absolute Gasteiger partial charge is 0.328 e. The van der Waals surface area contributed by atoms with Gasteiger partial charge in [0.15, 0.2) is 0 Å². The molecule has 11 heteroatoms. The molecular formula is C26H32N2O8S. The zero-order valence-electron chi connectivity index (χ0n) is 20.5. The topological polar surface area (TPSA) is 156 Å². The van der Waals surface area contributed by atoms with Crippen molar-refractivity contribution >= 4 is 35.2 Å². The first-order valence-corrected chi connectivity index (χ1v) is 12.2. The molecule has 0 amide bonds. The standard InChI is InChI=1S/C18H24N2S.2C4H4O4/c1-19-11-13-20(14-12-19)17(18-8-5-15-21-18)10-9-16-6-3-2-4-7-16;2*5-3(6)1-2-4(7)8/h2-8,15,17H,9-14H2,1H3;2*1-2H,(H,5,6)(H,7,8)/b;2*2-1-. The van der Waals surface area contributed by atoms with Gasteiger partial charge in [-0.3, -0.25) is 4.90 Å². The lowest BCUT2D eigenvalue weighted by molar-refractivity contribution is -0.134. The van der Waals surface area contributed by atoms with E-state index in [0.29, 0.717) is 30.3 Å². The number of nitrogens with zero attached hydrogens (tertiary/aromatic N) is 2. The predicted molar refractivity (Wildman–Crippen MR) is 140 cm³/mol. The summed E-state index contributed by atoms with van der Waals surface area (Å²) in [5, 5.41) is 33.5. The van der Waals surface area contributed by atoms with Gasteiger partial charge in [0.1, 0.15) is 0 Å². The molecule has 1 unspecified atom stereocenters. The summed E-state index contributed by atoms with van der Waals surface area (Å²) < 4.78 is 0. The number of thiophene rings is 1. The third-order valence-electron chi connectivity index (χ3n) is 5.14. The van der Waals surface area contributed by atoms with Crippen molar-refractivity contribution in [3.8, 4) is 0 Å².